The maximum atomic E-state index is 11.4. The van der Waals surface area contributed by atoms with E-state index in [0.29, 0.717) is 11.3 Å². The standard InChI is InChI=1S/C16H24N2O3/c1-11-14(15(19)20)12(2)18(17-11)13-6-9-21-16(10-13)7-4-3-5-8-16/h13H,3-10H2,1-2H3,(H,19,20). The van der Waals surface area contributed by atoms with Crippen LogP contribution in [-0.4, -0.2) is 33.1 Å². The maximum absolute atomic E-state index is 11.4. The highest BCUT2D eigenvalue weighted by atomic mass is 16.5. The van der Waals surface area contributed by atoms with E-state index >= 15 is 0 Å². The number of carboxylic acid groups (broad SMARTS) is 1. The first-order valence-electron chi connectivity index (χ1n) is 7.95. The third-order valence-electron chi connectivity index (χ3n) is 5.12. The molecule has 3 rings (SSSR count). The molecular formula is C16H24N2O3. The van der Waals surface area contributed by atoms with E-state index in [4.69, 9.17) is 4.74 Å². The molecule has 0 bridgehead atoms. The predicted octanol–water partition coefficient (Wildman–Crippen LogP) is 3.25. The Bertz CT molecular complexity index is 538. The van der Waals surface area contributed by atoms with Gasteiger partial charge in [0.1, 0.15) is 5.56 Å². The highest BCUT2D eigenvalue weighted by molar-refractivity contribution is 5.90. The molecule has 1 unspecified atom stereocenters. The van der Waals surface area contributed by atoms with Gasteiger partial charge in [0.15, 0.2) is 0 Å². The summed E-state index contributed by atoms with van der Waals surface area (Å²) in [6.45, 7) is 4.40. The molecule has 1 aliphatic carbocycles. The molecule has 0 radical (unpaired) electrons. The lowest BCUT2D eigenvalue weighted by Crippen LogP contribution is -2.42. The van der Waals surface area contributed by atoms with E-state index in [-0.39, 0.29) is 11.6 Å². The largest absolute Gasteiger partial charge is 0.478 e. The van der Waals surface area contributed by atoms with E-state index in [0.717, 1.165) is 38.0 Å². The van der Waals surface area contributed by atoms with Crippen molar-refractivity contribution in [1.82, 2.24) is 9.78 Å². The second-order valence-corrected chi connectivity index (χ2v) is 6.53. The van der Waals surface area contributed by atoms with Crippen molar-refractivity contribution in [2.75, 3.05) is 6.61 Å². The number of nitrogens with zero attached hydrogens (tertiary/aromatic N) is 2. The molecule has 1 saturated carbocycles. The second-order valence-electron chi connectivity index (χ2n) is 6.53. The van der Waals surface area contributed by atoms with E-state index in [9.17, 15) is 9.90 Å². The van der Waals surface area contributed by atoms with Crippen LogP contribution in [-0.2, 0) is 4.74 Å². The molecule has 1 aliphatic heterocycles. The summed E-state index contributed by atoms with van der Waals surface area (Å²) in [5.74, 6) is -0.879. The van der Waals surface area contributed by atoms with Crippen molar-refractivity contribution in [3.05, 3.63) is 17.0 Å². The number of rotatable bonds is 2. The molecule has 0 aromatic carbocycles. The van der Waals surface area contributed by atoms with E-state index in [1.54, 1.807) is 6.92 Å². The fraction of sp³-hybridized carbons (Fsp3) is 0.750. The highest BCUT2D eigenvalue weighted by Crippen LogP contribution is 2.42. The SMILES string of the molecule is Cc1nn(C2CCOC3(CCCCC3)C2)c(C)c1C(=O)O. The van der Waals surface area contributed by atoms with Gasteiger partial charge in [-0.3, -0.25) is 4.68 Å². The molecule has 0 amide bonds. The molecule has 21 heavy (non-hydrogen) atoms. The van der Waals surface area contributed by atoms with Gasteiger partial charge in [0.25, 0.3) is 0 Å². The lowest BCUT2D eigenvalue weighted by Gasteiger charge is -2.43. The van der Waals surface area contributed by atoms with Crippen molar-refractivity contribution >= 4 is 5.97 Å². The van der Waals surface area contributed by atoms with Crippen LogP contribution in [0.1, 0.15) is 72.7 Å². The van der Waals surface area contributed by atoms with Crippen LogP contribution in [0, 0.1) is 13.8 Å². The summed E-state index contributed by atoms with van der Waals surface area (Å²) >= 11 is 0. The zero-order chi connectivity index (χ0) is 15.0. The predicted molar refractivity (Wildman–Crippen MR) is 78.7 cm³/mol. The van der Waals surface area contributed by atoms with Gasteiger partial charge >= 0.3 is 5.97 Å². The molecule has 2 aliphatic rings. The molecule has 1 N–H and O–H groups in total. The summed E-state index contributed by atoms with van der Waals surface area (Å²) in [7, 11) is 0. The Morgan fingerprint density at radius 3 is 2.67 bits per heavy atom. The quantitative estimate of drug-likeness (QED) is 0.908. The van der Waals surface area contributed by atoms with Crippen molar-refractivity contribution < 1.29 is 14.6 Å². The first kappa shape index (κ1) is 14.6. The van der Waals surface area contributed by atoms with Crippen molar-refractivity contribution in [3.63, 3.8) is 0 Å². The fourth-order valence-corrected chi connectivity index (χ4v) is 4.08. The van der Waals surface area contributed by atoms with Crippen molar-refractivity contribution in [1.29, 1.82) is 0 Å². The van der Waals surface area contributed by atoms with Gasteiger partial charge in [-0.05, 0) is 39.5 Å². The molecule has 2 fully saturated rings. The minimum Gasteiger partial charge on any atom is -0.478 e. The van der Waals surface area contributed by atoms with Crippen LogP contribution in [0.15, 0.2) is 0 Å². The summed E-state index contributed by atoms with van der Waals surface area (Å²) < 4.78 is 8.07. The normalized spacial score (nSPS) is 25.1. The Labute approximate surface area is 125 Å². The van der Waals surface area contributed by atoms with Crippen LogP contribution in [0.2, 0.25) is 0 Å². The van der Waals surface area contributed by atoms with Gasteiger partial charge in [-0.1, -0.05) is 19.3 Å². The van der Waals surface area contributed by atoms with Crippen LogP contribution < -0.4 is 0 Å². The fourth-order valence-electron chi connectivity index (χ4n) is 4.08. The van der Waals surface area contributed by atoms with Gasteiger partial charge < -0.3 is 9.84 Å². The molecule has 5 heteroatoms. The van der Waals surface area contributed by atoms with E-state index in [1.807, 2.05) is 11.6 Å². The van der Waals surface area contributed by atoms with Gasteiger partial charge in [-0.15, -0.1) is 0 Å². The molecular weight excluding hydrogens is 268 g/mol. The minimum atomic E-state index is -0.879. The Balaban J connectivity index is 1.87. The number of aromatic carboxylic acids is 1. The number of hydrogen-bond donors (Lipinski definition) is 1. The van der Waals surface area contributed by atoms with Crippen LogP contribution in [0.25, 0.3) is 0 Å². The third kappa shape index (κ3) is 2.59. The molecule has 1 aromatic rings. The van der Waals surface area contributed by atoms with Gasteiger partial charge in [0.05, 0.1) is 23.0 Å². The molecule has 2 heterocycles. The monoisotopic (exact) mass is 292 g/mol. The highest BCUT2D eigenvalue weighted by Gasteiger charge is 2.40. The molecule has 5 nitrogen and oxygen atoms in total. The number of carbonyl (C=O) groups is 1. The maximum Gasteiger partial charge on any atom is 0.339 e. The average molecular weight is 292 g/mol. The molecule has 1 aromatic heterocycles. The summed E-state index contributed by atoms with van der Waals surface area (Å²) in [4.78, 5) is 11.4. The van der Waals surface area contributed by atoms with Crippen molar-refractivity contribution in [3.8, 4) is 0 Å². The minimum absolute atomic E-state index is 0.0108. The first-order chi connectivity index (χ1) is 10.0. The Morgan fingerprint density at radius 2 is 2.05 bits per heavy atom. The second kappa shape index (κ2) is 5.44. The summed E-state index contributed by atoms with van der Waals surface area (Å²) in [5.41, 5.74) is 1.76. The Kier molecular flexibility index (Phi) is 3.78. The van der Waals surface area contributed by atoms with Gasteiger partial charge in [0.2, 0.25) is 0 Å². The van der Waals surface area contributed by atoms with Gasteiger partial charge in [-0.25, -0.2) is 4.79 Å². The van der Waals surface area contributed by atoms with Crippen LogP contribution >= 0.6 is 0 Å². The zero-order valence-corrected chi connectivity index (χ0v) is 12.9. The lowest BCUT2D eigenvalue weighted by molar-refractivity contribution is -0.115. The lowest BCUT2D eigenvalue weighted by atomic mass is 9.78. The van der Waals surface area contributed by atoms with Crippen LogP contribution in [0.4, 0.5) is 0 Å². The van der Waals surface area contributed by atoms with Crippen molar-refractivity contribution in [2.24, 2.45) is 0 Å². The Morgan fingerprint density at radius 1 is 1.33 bits per heavy atom. The van der Waals surface area contributed by atoms with E-state index < -0.39 is 5.97 Å². The molecule has 1 saturated heterocycles. The number of aromatic nitrogens is 2. The molecule has 1 spiro atoms. The summed E-state index contributed by atoms with van der Waals surface area (Å²) in [6, 6.07) is 0.267. The average Bonchev–Trinajstić information content (AvgIpc) is 2.75. The Hall–Kier alpha value is -1.36. The summed E-state index contributed by atoms with van der Waals surface area (Å²) in [5, 5.41) is 13.8. The van der Waals surface area contributed by atoms with Crippen LogP contribution in [0.5, 0.6) is 0 Å². The van der Waals surface area contributed by atoms with Gasteiger partial charge in [0, 0.05) is 6.61 Å². The van der Waals surface area contributed by atoms with E-state index in [1.165, 1.54) is 19.3 Å². The molecule has 116 valence electrons. The smallest absolute Gasteiger partial charge is 0.339 e. The molecule has 1 atom stereocenters. The summed E-state index contributed by atoms with van der Waals surface area (Å²) in [6.07, 6.45) is 7.94. The first-order valence-corrected chi connectivity index (χ1v) is 7.95. The number of aryl methyl sites for hydroxylation is 1. The third-order valence-corrected chi connectivity index (χ3v) is 5.12. The van der Waals surface area contributed by atoms with Crippen molar-refractivity contribution in [2.45, 2.75) is 70.4 Å². The van der Waals surface area contributed by atoms with Crippen LogP contribution in [0.3, 0.4) is 0 Å². The van der Waals surface area contributed by atoms with Gasteiger partial charge in [-0.2, -0.15) is 5.10 Å². The number of ether oxygens (including phenoxy) is 1. The zero-order valence-electron chi connectivity index (χ0n) is 12.9. The topological polar surface area (TPSA) is 64.4 Å². The number of hydrogen-bond acceptors (Lipinski definition) is 3. The van der Waals surface area contributed by atoms with E-state index in [2.05, 4.69) is 5.10 Å². The number of carboxylic acids is 1.